The molecule has 2 atom stereocenters. The fraction of sp³-hybridized carbons (Fsp3) is 0.545. The van der Waals surface area contributed by atoms with E-state index in [1.54, 1.807) is 10.8 Å². The molecule has 4 aliphatic rings. The monoisotopic (exact) mass is 384 g/mol. The largest absolute Gasteiger partial charge is 0.457 e. The maximum Gasteiger partial charge on any atom is 0.312 e. The van der Waals surface area contributed by atoms with Gasteiger partial charge < -0.3 is 9.30 Å². The summed E-state index contributed by atoms with van der Waals surface area (Å²) in [4.78, 5) is 17.5. The Kier molecular flexibility index (Phi) is 3.91. The summed E-state index contributed by atoms with van der Waals surface area (Å²) >= 11 is 6.05. The van der Waals surface area contributed by atoms with Crippen LogP contribution in [0.2, 0.25) is 5.15 Å². The lowest BCUT2D eigenvalue weighted by Crippen LogP contribution is -2.57. The molecule has 4 aliphatic carbocycles. The van der Waals surface area contributed by atoms with Crippen molar-refractivity contribution in [3.63, 3.8) is 0 Å². The van der Waals surface area contributed by atoms with Crippen molar-refractivity contribution >= 4 is 17.6 Å². The van der Waals surface area contributed by atoms with Crippen molar-refractivity contribution in [3.8, 4) is 0 Å². The minimum absolute atomic E-state index is 0.0315. The normalized spacial score (nSPS) is 34.0. The maximum absolute atomic E-state index is 13.3. The summed E-state index contributed by atoms with van der Waals surface area (Å²) in [5.41, 5.74) is 1.23. The summed E-state index contributed by atoms with van der Waals surface area (Å²) in [7, 11) is 1.84. The highest BCUT2D eigenvalue weighted by Gasteiger charge is 2.61. The third-order valence-corrected chi connectivity index (χ3v) is 7.59. The van der Waals surface area contributed by atoms with E-state index in [1.165, 1.54) is 24.8 Å². The summed E-state index contributed by atoms with van der Waals surface area (Å²) < 4.78 is 7.57. The average molecular weight is 385 g/mol. The summed E-state index contributed by atoms with van der Waals surface area (Å²) in [6.45, 7) is 0.192. The number of esters is 1. The van der Waals surface area contributed by atoms with E-state index in [0.29, 0.717) is 22.8 Å². The second-order valence-electron chi connectivity index (χ2n) is 9.02. The third-order valence-electron chi connectivity index (χ3n) is 7.24. The number of imidazole rings is 1. The van der Waals surface area contributed by atoms with E-state index < -0.39 is 0 Å². The van der Waals surface area contributed by atoms with Gasteiger partial charge in [-0.1, -0.05) is 41.9 Å². The van der Waals surface area contributed by atoms with Gasteiger partial charge in [-0.05, 0) is 61.3 Å². The molecule has 4 saturated carbocycles. The number of benzene rings is 1. The lowest BCUT2D eigenvalue weighted by Gasteiger charge is -2.61. The fourth-order valence-electron chi connectivity index (χ4n) is 6.47. The highest BCUT2D eigenvalue weighted by Crippen LogP contribution is 2.66. The van der Waals surface area contributed by atoms with Crippen LogP contribution in [0.4, 0.5) is 0 Å². The van der Waals surface area contributed by atoms with Gasteiger partial charge in [-0.2, -0.15) is 0 Å². The van der Waals surface area contributed by atoms with Crippen molar-refractivity contribution in [2.75, 3.05) is 0 Å². The SMILES string of the molecule is Cn1c(Cl)cnc1COC(=O)C12CC3CC(C1)CC(c1ccccc1)(C3)C2. The molecule has 0 saturated heterocycles. The topological polar surface area (TPSA) is 44.1 Å². The van der Waals surface area contributed by atoms with Gasteiger partial charge in [-0.15, -0.1) is 0 Å². The number of rotatable bonds is 4. The molecule has 2 aromatic rings. The fourth-order valence-corrected chi connectivity index (χ4v) is 6.62. The zero-order valence-electron chi connectivity index (χ0n) is 15.7. The molecule has 1 heterocycles. The van der Waals surface area contributed by atoms with E-state index in [0.717, 1.165) is 19.3 Å². The van der Waals surface area contributed by atoms with Crippen molar-refractivity contribution in [2.24, 2.45) is 24.3 Å². The second-order valence-corrected chi connectivity index (χ2v) is 9.41. The molecule has 27 heavy (non-hydrogen) atoms. The molecular weight excluding hydrogens is 360 g/mol. The standard InChI is InChI=1S/C22H25ClN2O2/c1-25-18(23)12-24-19(25)13-27-20(26)22-10-15-7-16(11-22)9-21(8-15,14-22)17-5-3-2-4-6-17/h2-6,12,15-16H,7-11,13-14H2,1H3. The van der Waals surface area contributed by atoms with Crippen LogP contribution in [0, 0.1) is 17.3 Å². The van der Waals surface area contributed by atoms with Crippen LogP contribution in [-0.2, 0) is 28.6 Å². The molecule has 1 aromatic heterocycles. The Bertz CT molecular complexity index is 862. The van der Waals surface area contributed by atoms with Gasteiger partial charge in [0, 0.05) is 7.05 Å². The van der Waals surface area contributed by atoms with E-state index in [-0.39, 0.29) is 23.4 Å². The van der Waals surface area contributed by atoms with Gasteiger partial charge in [0.1, 0.15) is 17.6 Å². The lowest BCUT2D eigenvalue weighted by atomic mass is 9.43. The van der Waals surface area contributed by atoms with Crippen molar-refractivity contribution in [3.05, 3.63) is 53.1 Å². The Labute approximate surface area is 164 Å². The average Bonchev–Trinajstić information content (AvgIpc) is 2.98. The van der Waals surface area contributed by atoms with Gasteiger partial charge >= 0.3 is 5.97 Å². The number of hydrogen-bond donors (Lipinski definition) is 0. The van der Waals surface area contributed by atoms with Crippen LogP contribution in [0.1, 0.15) is 49.9 Å². The highest BCUT2D eigenvalue weighted by atomic mass is 35.5. The summed E-state index contributed by atoms with van der Waals surface area (Å²) in [6.07, 6.45) is 8.21. The number of hydrogen-bond acceptors (Lipinski definition) is 3. The number of nitrogens with zero attached hydrogens (tertiary/aromatic N) is 2. The van der Waals surface area contributed by atoms with E-state index >= 15 is 0 Å². The van der Waals surface area contributed by atoms with Gasteiger partial charge in [-0.25, -0.2) is 4.98 Å². The van der Waals surface area contributed by atoms with Gasteiger partial charge in [-0.3, -0.25) is 4.79 Å². The van der Waals surface area contributed by atoms with Crippen LogP contribution in [0.3, 0.4) is 0 Å². The molecule has 4 bridgehead atoms. The van der Waals surface area contributed by atoms with Crippen LogP contribution in [-0.4, -0.2) is 15.5 Å². The number of aromatic nitrogens is 2. The van der Waals surface area contributed by atoms with E-state index in [4.69, 9.17) is 16.3 Å². The second kappa shape index (κ2) is 6.10. The number of halogens is 1. The molecule has 0 spiro atoms. The molecule has 6 rings (SSSR count). The number of carbonyl (C=O) groups excluding carboxylic acids is 1. The first-order valence-electron chi connectivity index (χ1n) is 9.89. The Balaban J connectivity index is 1.40. The minimum atomic E-state index is -0.325. The zero-order valence-corrected chi connectivity index (χ0v) is 16.4. The van der Waals surface area contributed by atoms with Crippen LogP contribution < -0.4 is 0 Å². The van der Waals surface area contributed by atoms with Crippen LogP contribution >= 0.6 is 11.6 Å². The predicted molar refractivity (Wildman–Crippen MR) is 103 cm³/mol. The third kappa shape index (κ3) is 2.72. The zero-order chi connectivity index (χ0) is 18.6. The van der Waals surface area contributed by atoms with Crippen molar-refractivity contribution in [1.82, 2.24) is 9.55 Å². The first kappa shape index (κ1) is 17.3. The Morgan fingerprint density at radius 2 is 1.93 bits per heavy atom. The Morgan fingerprint density at radius 3 is 2.56 bits per heavy atom. The first-order valence-corrected chi connectivity index (χ1v) is 10.3. The Morgan fingerprint density at radius 1 is 1.22 bits per heavy atom. The molecule has 0 aliphatic heterocycles. The first-order chi connectivity index (χ1) is 13.0. The quantitative estimate of drug-likeness (QED) is 0.720. The molecular formula is C22H25ClN2O2. The molecule has 0 amide bonds. The van der Waals surface area contributed by atoms with E-state index in [1.807, 2.05) is 7.05 Å². The lowest BCUT2D eigenvalue weighted by molar-refractivity contribution is -0.175. The van der Waals surface area contributed by atoms with Crippen LogP contribution in [0.15, 0.2) is 36.5 Å². The summed E-state index contributed by atoms with van der Waals surface area (Å²) in [5, 5.41) is 0.555. The van der Waals surface area contributed by atoms with Crippen LogP contribution in [0.25, 0.3) is 0 Å². The van der Waals surface area contributed by atoms with E-state index in [9.17, 15) is 4.79 Å². The molecule has 0 N–H and O–H groups in total. The molecule has 2 unspecified atom stereocenters. The smallest absolute Gasteiger partial charge is 0.312 e. The molecule has 142 valence electrons. The molecule has 5 heteroatoms. The van der Waals surface area contributed by atoms with E-state index in [2.05, 4.69) is 35.3 Å². The minimum Gasteiger partial charge on any atom is -0.457 e. The number of carbonyl (C=O) groups is 1. The van der Waals surface area contributed by atoms with Crippen molar-refractivity contribution in [1.29, 1.82) is 0 Å². The Hall–Kier alpha value is -1.81. The van der Waals surface area contributed by atoms with Crippen LogP contribution in [0.5, 0.6) is 0 Å². The summed E-state index contributed by atoms with van der Waals surface area (Å²) in [5.74, 6) is 1.94. The van der Waals surface area contributed by atoms with Crippen molar-refractivity contribution < 1.29 is 9.53 Å². The molecule has 0 radical (unpaired) electrons. The molecule has 4 nitrogen and oxygen atoms in total. The highest BCUT2D eigenvalue weighted by molar-refractivity contribution is 6.29. The molecule has 4 fully saturated rings. The summed E-state index contributed by atoms with van der Waals surface area (Å²) in [6, 6.07) is 10.8. The number of ether oxygens (including phenoxy) is 1. The molecule has 1 aromatic carbocycles. The van der Waals surface area contributed by atoms with Gasteiger partial charge in [0.25, 0.3) is 0 Å². The van der Waals surface area contributed by atoms with Gasteiger partial charge in [0.05, 0.1) is 11.6 Å². The maximum atomic E-state index is 13.3. The predicted octanol–water partition coefficient (Wildman–Crippen LogP) is 4.65. The van der Waals surface area contributed by atoms with Gasteiger partial charge in [0.2, 0.25) is 0 Å². The van der Waals surface area contributed by atoms with Crippen molar-refractivity contribution in [2.45, 2.75) is 50.5 Å². The van der Waals surface area contributed by atoms with Gasteiger partial charge in [0.15, 0.2) is 0 Å².